The van der Waals surface area contributed by atoms with Gasteiger partial charge in [-0.05, 0) is 61.7 Å². The van der Waals surface area contributed by atoms with Gasteiger partial charge >= 0.3 is 0 Å². The predicted octanol–water partition coefficient (Wildman–Crippen LogP) is 4.23. The fraction of sp³-hybridized carbons (Fsp3) is 0.700. The van der Waals surface area contributed by atoms with Crippen LogP contribution in [0, 0.1) is 11.8 Å². The van der Waals surface area contributed by atoms with Crippen molar-refractivity contribution in [3.05, 3.63) is 35.4 Å². The number of aliphatic hydroxyl groups is 1. The third-order valence-corrected chi connectivity index (χ3v) is 5.75. The molecule has 22 heavy (non-hydrogen) atoms. The molecule has 3 rings (SSSR count). The maximum Gasteiger partial charge on any atom is 0.0821 e. The average molecular weight is 301 g/mol. The van der Waals surface area contributed by atoms with E-state index in [9.17, 15) is 5.11 Å². The van der Waals surface area contributed by atoms with Crippen LogP contribution in [0.25, 0.3) is 0 Å². The maximum absolute atomic E-state index is 10.6. The van der Waals surface area contributed by atoms with E-state index in [1.165, 1.54) is 49.7 Å². The molecule has 0 amide bonds. The van der Waals surface area contributed by atoms with Crippen LogP contribution in [-0.2, 0) is 6.42 Å². The van der Waals surface area contributed by atoms with Gasteiger partial charge in [-0.25, -0.2) is 0 Å². The lowest BCUT2D eigenvalue weighted by molar-refractivity contribution is 0.0884. The maximum atomic E-state index is 10.6. The Morgan fingerprint density at radius 1 is 0.955 bits per heavy atom. The van der Waals surface area contributed by atoms with Crippen LogP contribution in [0.2, 0.25) is 0 Å². The van der Waals surface area contributed by atoms with Crippen molar-refractivity contribution in [2.75, 3.05) is 13.1 Å². The molecular weight excluding hydrogens is 270 g/mol. The molecule has 1 aromatic rings. The monoisotopic (exact) mass is 301 g/mol. The van der Waals surface area contributed by atoms with Crippen molar-refractivity contribution < 1.29 is 5.11 Å². The second-order valence-corrected chi connectivity index (χ2v) is 7.27. The number of hydrogen-bond acceptors (Lipinski definition) is 2. The zero-order valence-electron chi connectivity index (χ0n) is 13.8. The number of nitrogens with one attached hydrogen (secondary N) is 1. The Hall–Kier alpha value is -0.860. The molecule has 1 saturated carbocycles. The first-order valence-corrected chi connectivity index (χ1v) is 9.31. The van der Waals surface area contributed by atoms with Gasteiger partial charge in [-0.15, -0.1) is 0 Å². The molecule has 1 aromatic carbocycles. The molecule has 2 N–H and O–H groups in total. The Bertz CT molecular complexity index is 453. The standard InChI is InChI=1S/C20H31NO/c22-20-18(11-10-17-8-4-5-9-19(17)20)13-15-21-14-12-16-6-2-1-3-7-16/h4-5,8-9,16,18,20-22H,1-3,6-7,10-15H2. The van der Waals surface area contributed by atoms with Gasteiger partial charge in [0, 0.05) is 0 Å². The minimum absolute atomic E-state index is 0.259. The van der Waals surface area contributed by atoms with Gasteiger partial charge in [-0.3, -0.25) is 0 Å². The van der Waals surface area contributed by atoms with Gasteiger partial charge in [0.1, 0.15) is 0 Å². The van der Waals surface area contributed by atoms with Crippen molar-refractivity contribution in [1.82, 2.24) is 5.32 Å². The third-order valence-electron chi connectivity index (χ3n) is 5.75. The Morgan fingerprint density at radius 2 is 1.73 bits per heavy atom. The molecule has 2 unspecified atom stereocenters. The molecule has 2 nitrogen and oxygen atoms in total. The summed E-state index contributed by atoms with van der Waals surface area (Å²) in [5.41, 5.74) is 2.51. The molecule has 0 spiro atoms. The lowest BCUT2D eigenvalue weighted by Crippen LogP contribution is -2.26. The van der Waals surface area contributed by atoms with Crippen molar-refractivity contribution in [3.63, 3.8) is 0 Å². The van der Waals surface area contributed by atoms with Crippen molar-refractivity contribution in [2.45, 2.75) is 63.9 Å². The second kappa shape index (κ2) is 8.12. The first kappa shape index (κ1) is 16.0. The fourth-order valence-corrected chi connectivity index (χ4v) is 4.30. The van der Waals surface area contributed by atoms with Gasteiger partial charge < -0.3 is 10.4 Å². The SMILES string of the molecule is OC1c2ccccc2CCC1CCNCCC1CCCCC1. The van der Waals surface area contributed by atoms with Crippen molar-refractivity contribution >= 4 is 0 Å². The first-order valence-electron chi connectivity index (χ1n) is 9.31. The van der Waals surface area contributed by atoms with Crippen LogP contribution < -0.4 is 5.32 Å². The van der Waals surface area contributed by atoms with Gasteiger partial charge in [0.05, 0.1) is 6.10 Å². The molecule has 0 heterocycles. The Balaban J connectivity index is 1.36. The zero-order chi connectivity index (χ0) is 15.2. The first-order chi connectivity index (χ1) is 10.8. The van der Waals surface area contributed by atoms with Crippen LogP contribution in [0.1, 0.15) is 68.6 Å². The van der Waals surface area contributed by atoms with Crippen molar-refractivity contribution in [3.8, 4) is 0 Å². The van der Waals surface area contributed by atoms with E-state index in [0.717, 1.165) is 38.3 Å². The summed E-state index contributed by atoms with van der Waals surface area (Å²) in [5, 5.41) is 14.2. The topological polar surface area (TPSA) is 32.3 Å². The minimum Gasteiger partial charge on any atom is -0.388 e. The molecule has 0 saturated heterocycles. The van der Waals surface area contributed by atoms with Gasteiger partial charge in [0.2, 0.25) is 0 Å². The third kappa shape index (κ3) is 4.11. The largest absolute Gasteiger partial charge is 0.388 e. The van der Waals surface area contributed by atoms with Crippen LogP contribution in [0.3, 0.4) is 0 Å². The van der Waals surface area contributed by atoms with E-state index in [1.807, 2.05) is 6.07 Å². The summed E-state index contributed by atoms with van der Waals surface area (Å²) in [6, 6.07) is 8.39. The quantitative estimate of drug-likeness (QED) is 0.771. The lowest BCUT2D eigenvalue weighted by atomic mass is 9.80. The molecular formula is C20H31NO. The van der Waals surface area contributed by atoms with Crippen LogP contribution in [0.5, 0.6) is 0 Å². The van der Waals surface area contributed by atoms with Gasteiger partial charge in [0.15, 0.2) is 0 Å². The van der Waals surface area contributed by atoms with Crippen LogP contribution in [-0.4, -0.2) is 18.2 Å². The van der Waals surface area contributed by atoms with Gasteiger partial charge in [-0.2, -0.15) is 0 Å². The summed E-state index contributed by atoms with van der Waals surface area (Å²) in [6.07, 6.45) is 11.7. The summed E-state index contributed by atoms with van der Waals surface area (Å²) in [7, 11) is 0. The number of aryl methyl sites for hydroxylation is 1. The zero-order valence-corrected chi connectivity index (χ0v) is 13.8. The van der Waals surface area contributed by atoms with Gasteiger partial charge in [-0.1, -0.05) is 56.4 Å². The Kier molecular flexibility index (Phi) is 5.91. The molecule has 0 aliphatic heterocycles. The van der Waals surface area contributed by atoms with E-state index in [4.69, 9.17) is 0 Å². The number of hydrogen-bond donors (Lipinski definition) is 2. The highest BCUT2D eigenvalue weighted by Crippen LogP contribution is 2.35. The highest BCUT2D eigenvalue weighted by atomic mass is 16.3. The summed E-state index contributed by atoms with van der Waals surface area (Å²) < 4.78 is 0. The van der Waals surface area contributed by atoms with Crippen LogP contribution >= 0.6 is 0 Å². The molecule has 122 valence electrons. The van der Waals surface area contributed by atoms with E-state index in [2.05, 4.69) is 23.5 Å². The Morgan fingerprint density at radius 3 is 2.59 bits per heavy atom. The number of benzene rings is 1. The molecule has 2 heteroatoms. The highest BCUT2D eigenvalue weighted by molar-refractivity contribution is 5.31. The average Bonchev–Trinajstić information content (AvgIpc) is 2.58. The molecule has 0 radical (unpaired) electrons. The molecule has 1 fully saturated rings. The van der Waals surface area contributed by atoms with Crippen molar-refractivity contribution in [2.24, 2.45) is 11.8 Å². The normalized spacial score (nSPS) is 25.9. The summed E-state index contributed by atoms with van der Waals surface area (Å²) in [4.78, 5) is 0. The molecule has 2 aliphatic carbocycles. The van der Waals surface area contributed by atoms with E-state index >= 15 is 0 Å². The van der Waals surface area contributed by atoms with E-state index in [0.29, 0.717) is 5.92 Å². The second-order valence-electron chi connectivity index (χ2n) is 7.27. The summed E-state index contributed by atoms with van der Waals surface area (Å²) in [5.74, 6) is 1.39. The molecule has 0 bridgehead atoms. The molecule has 2 aliphatic rings. The predicted molar refractivity (Wildman–Crippen MR) is 91.9 cm³/mol. The summed E-state index contributed by atoms with van der Waals surface area (Å²) in [6.45, 7) is 2.21. The van der Waals surface area contributed by atoms with Crippen molar-refractivity contribution in [1.29, 1.82) is 0 Å². The van der Waals surface area contributed by atoms with E-state index in [1.54, 1.807) is 0 Å². The highest BCUT2D eigenvalue weighted by Gasteiger charge is 2.26. The van der Waals surface area contributed by atoms with Crippen LogP contribution in [0.15, 0.2) is 24.3 Å². The molecule has 2 atom stereocenters. The summed E-state index contributed by atoms with van der Waals surface area (Å²) >= 11 is 0. The smallest absolute Gasteiger partial charge is 0.0821 e. The van der Waals surface area contributed by atoms with Crippen LogP contribution in [0.4, 0.5) is 0 Å². The number of aliphatic hydroxyl groups excluding tert-OH is 1. The lowest BCUT2D eigenvalue weighted by Gasteiger charge is -2.30. The molecule has 0 aromatic heterocycles. The number of fused-ring (bicyclic) bond motifs is 1. The van der Waals surface area contributed by atoms with E-state index in [-0.39, 0.29) is 6.10 Å². The Labute approximate surface area is 135 Å². The minimum atomic E-state index is -0.259. The number of rotatable bonds is 6. The van der Waals surface area contributed by atoms with E-state index < -0.39 is 0 Å². The fourth-order valence-electron chi connectivity index (χ4n) is 4.30. The van der Waals surface area contributed by atoms with Gasteiger partial charge in [0.25, 0.3) is 0 Å².